The van der Waals surface area contributed by atoms with E-state index in [9.17, 15) is 13.2 Å². The average molecular weight is 357 g/mol. The van der Waals surface area contributed by atoms with Gasteiger partial charge in [-0.05, 0) is 37.1 Å². The zero-order chi connectivity index (χ0) is 17.3. The van der Waals surface area contributed by atoms with Gasteiger partial charge in [-0.1, -0.05) is 17.7 Å². The van der Waals surface area contributed by atoms with Crippen molar-refractivity contribution in [3.05, 3.63) is 47.1 Å². The molecular formula is C17H16ClF3N2O. The molecule has 128 valence electrons. The summed E-state index contributed by atoms with van der Waals surface area (Å²) < 4.78 is 44.2. The van der Waals surface area contributed by atoms with Crippen LogP contribution in [-0.2, 0) is 0 Å². The fourth-order valence-corrected chi connectivity index (χ4v) is 2.96. The number of benzene rings is 1. The van der Waals surface area contributed by atoms with E-state index in [2.05, 4.69) is 4.98 Å². The molecule has 0 saturated carbocycles. The second-order valence-corrected chi connectivity index (χ2v) is 6.27. The minimum Gasteiger partial charge on any atom is -0.456 e. The minimum absolute atomic E-state index is 0.0781. The van der Waals surface area contributed by atoms with E-state index in [0.29, 0.717) is 28.9 Å². The van der Waals surface area contributed by atoms with E-state index in [4.69, 9.17) is 16.3 Å². The largest absolute Gasteiger partial charge is 0.456 e. The van der Waals surface area contributed by atoms with E-state index in [1.165, 1.54) is 6.20 Å². The van der Waals surface area contributed by atoms with Crippen molar-refractivity contribution in [2.24, 2.45) is 5.92 Å². The quantitative estimate of drug-likeness (QED) is 0.753. The van der Waals surface area contributed by atoms with Gasteiger partial charge in [0.2, 0.25) is 0 Å². The standard InChI is InChI=1S/C17H16ClF3N2O/c1-11-2-3-15(14(18)8-11)24-13-4-6-22-16(9-13)23-7-5-12(10-23)17(19,20)21/h2-4,6,8-9,12H,5,7,10H2,1H3. The lowest BCUT2D eigenvalue weighted by Crippen LogP contribution is -2.27. The fraction of sp³-hybridized carbons (Fsp3) is 0.353. The number of aryl methyl sites for hydroxylation is 1. The van der Waals surface area contributed by atoms with Gasteiger partial charge >= 0.3 is 6.18 Å². The molecule has 1 atom stereocenters. The van der Waals surface area contributed by atoms with Crippen molar-refractivity contribution in [2.45, 2.75) is 19.5 Å². The number of nitrogens with zero attached hydrogens (tertiary/aromatic N) is 2. The van der Waals surface area contributed by atoms with Crippen LogP contribution in [0.2, 0.25) is 5.02 Å². The van der Waals surface area contributed by atoms with Gasteiger partial charge in [0.15, 0.2) is 0 Å². The SMILES string of the molecule is Cc1ccc(Oc2ccnc(N3CCC(C(F)(F)F)C3)c2)c(Cl)c1. The molecule has 0 bridgehead atoms. The van der Waals surface area contributed by atoms with Crippen molar-refractivity contribution in [1.82, 2.24) is 4.98 Å². The third-order valence-corrected chi connectivity index (χ3v) is 4.30. The molecule has 1 aliphatic heterocycles. The highest BCUT2D eigenvalue weighted by atomic mass is 35.5. The van der Waals surface area contributed by atoms with Crippen LogP contribution in [-0.4, -0.2) is 24.2 Å². The molecular weight excluding hydrogens is 341 g/mol. The van der Waals surface area contributed by atoms with Gasteiger partial charge in [-0.15, -0.1) is 0 Å². The molecule has 0 N–H and O–H groups in total. The van der Waals surface area contributed by atoms with Crippen LogP contribution in [0.4, 0.5) is 19.0 Å². The molecule has 1 unspecified atom stereocenters. The second-order valence-electron chi connectivity index (χ2n) is 5.86. The minimum atomic E-state index is -4.17. The Morgan fingerprint density at radius 2 is 2.04 bits per heavy atom. The van der Waals surface area contributed by atoms with Gasteiger partial charge in [-0.3, -0.25) is 0 Å². The molecule has 0 aliphatic carbocycles. The molecule has 0 spiro atoms. The Balaban J connectivity index is 1.75. The van der Waals surface area contributed by atoms with E-state index in [0.717, 1.165) is 5.56 Å². The number of rotatable bonds is 3. The van der Waals surface area contributed by atoms with Crippen molar-refractivity contribution >= 4 is 17.4 Å². The summed E-state index contributed by atoms with van der Waals surface area (Å²) in [6.07, 6.45) is -2.56. The van der Waals surface area contributed by atoms with Crippen molar-refractivity contribution < 1.29 is 17.9 Å². The summed E-state index contributed by atoms with van der Waals surface area (Å²) in [5.41, 5.74) is 1.01. The molecule has 0 radical (unpaired) electrons. The first kappa shape index (κ1) is 16.9. The fourth-order valence-electron chi connectivity index (χ4n) is 2.69. The number of pyridine rings is 1. The Bertz CT molecular complexity index is 736. The Hall–Kier alpha value is -1.95. The molecule has 0 amide bonds. The zero-order valence-electron chi connectivity index (χ0n) is 13.0. The maximum absolute atomic E-state index is 12.8. The van der Waals surface area contributed by atoms with Gasteiger partial charge in [0.1, 0.15) is 17.3 Å². The van der Waals surface area contributed by atoms with Gasteiger partial charge in [0.05, 0.1) is 10.9 Å². The highest BCUT2D eigenvalue weighted by Gasteiger charge is 2.43. The summed E-state index contributed by atoms with van der Waals surface area (Å²) in [6.45, 7) is 2.17. The lowest BCUT2D eigenvalue weighted by molar-refractivity contribution is -0.168. The molecule has 1 aromatic carbocycles. The van der Waals surface area contributed by atoms with Crippen LogP contribution in [0, 0.1) is 12.8 Å². The molecule has 1 saturated heterocycles. The number of anilines is 1. The molecule has 2 heterocycles. The predicted molar refractivity (Wildman–Crippen MR) is 86.9 cm³/mol. The number of ether oxygens (including phenoxy) is 1. The van der Waals surface area contributed by atoms with E-state index >= 15 is 0 Å². The summed E-state index contributed by atoms with van der Waals surface area (Å²) in [5.74, 6) is 0.146. The monoisotopic (exact) mass is 356 g/mol. The topological polar surface area (TPSA) is 25.4 Å². The highest BCUT2D eigenvalue weighted by Crippen LogP contribution is 2.36. The third kappa shape index (κ3) is 3.75. The van der Waals surface area contributed by atoms with Crippen molar-refractivity contribution in [2.75, 3.05) is 18.0 Å². The smallest absolute Gasteiger partial charge is 0.393 e. The Labute approximate surface area is 143 Å². The van der Waals surface area contributed by atoms with Gasteiger partial charge in [0, 0.05) is 25.4 Å². The first-order valence-corrected chi connectivity index (χ1v) is 7.92. The van der Waals surface area contributed by atoms with Crippen LogP contribution in [0.3, 0.4) is 0 Å². The summed E-state index contributed by atoms with van der Waals surface area (Å²) >= 11 is 6.14. The molecule has 3 nitrogen and oxygen atoms in total. The normalized spacial score (nSPS) is 18.0. The third-order valence-electron chi connectivity index (χ3n) is 4.01. The van der Waals surface area contributed by atoms with Crippen LogP contribution >= 0.6 is 11.6 Å². The van der Waals surface area contributed by atoms with Crippen LogP contribution in [0.5, 0.6) is 11.5 Å². The predicted octanol–water partition coefficient (Wildman–Crippen LogP) is 5.22. The maximum atomic E-state index is 12.8. The first-order chi connectivity index (χ1) is 11.3. The lowest BCUT2D eigenvalue weighted by Gasteiger charge is -2.19. The first-order valence-electron chi connectivity index (χ1n) is 7.54. The molecule has 1 aliphatic rings. The Kier molecular flexibility index (Phi) is 4.58. The number of hydrogen-bond acceptors (Lipinski definition) is 3. The van der Waals surface area contributed by atoms with E-state index in [-0.39, 0.29) is 13.0 Å². The number of hydrogen-bond donors (Lipinski definition) is 0. The summed E-state index contributed by atoms with van der Waals surface area (Å²) in [6, 6.07) is 8.70. The van der Waals surface area contributed by atoms with Gasteiger partial charge in [-0.25, -0.2) is 4.98 Å². The zero-order valence-corrected chi connectivity index (χ0v) is 13.7. The Morgan fingerprint density at radius 3 is 2.71 bits per heavy atom. The molecule has 3 rings (SSSR count). The molecule has 7 heteroatoms. The van der Waals surface area contributed by atoms with Crippen LogP contribution in [0.1, 0.15) is 12.0 Å². The number of halogens is 4. The summed E-state index contributed by atoms with van der Waals surface area (Å²) in [4.78, 5) is 5.79. The lowest BCUT2D eigenvalue weighted by atomic mass is 10.1. The van der Waals surface area contributed by atoms with Crippen molar-refractivity contribution in [3.8, 4) is 11.5 Å². The van der Waals surface area contributed by atoms with Crippen LogP contribution in [0.15, 0.2) is 36.5 Å². The molecule has 2 aromatic rings. The molecule has 1 fully saturated rings. The summed E-state index contributed by atoms with van der Waals surface area (Å²) in [5, 5.41) is 0.478. The van der Waals surface area contributed by atoms with Crippen LogP contribution < -0.4 is 9.64 Å². The second kappa shape index (κ2) is 6.51. The Morgan fingerprint density at radius 1 is 1.25 bits per heavy atom. The molecule has 1 aromatic heterocycles. The van der Waals surface area contributed by atoms with E-state index < -0.39 is 12.1 Å². The maximum Gasteiger partial charge on any atom is 0.393 e. The summed E-state index contributed by atoms with van der Waals surface area (Å²) in [7, 11) is 0. The van der Waals surface area contributed by atoms with Crippen molar-refractivity contribution in [3.63, 3.8) is 0 Å². The number of aromatic nitrogens is 1. The average Bonchev–Trinajstić information content (AvgIpc) is 3.01. The van der Waals surface area contributed by atoms with Crippen LogP contribution in [0.25, 0.3) is 0 Å². The van der Waals surface area contributed by atoms with Gasteiger partial charge in [-0.2, -0.15) is 13.2 Å². The van der Waals surface area contributed by atoms with Gasteiger partial charge in [0.25, 0.3) is 0 Å². The van der Waals surface area contributed by atoms with E-state index in [1.807, 2.05) is 13.0 Å². The number of alkyl halides is 3. The van der Waals surface area contributed by atoms with Crippen molar-refractivity contribution in [1.29, 1.82) is 0 Å². The van der Waals surface area contributed by atoms with Gasteiger partial charge < -0.3 is 9.64 Å². The molecule has 24 heavy (non-hydrogen) atoms. The van der Waals surface area contributed by atoms with E-state index in [1.54, 1.807) is 29.2 Å². The highest BCUT2D eigenvalue weighted by molar-refractivity contribution is 6.32.